The lowest BCUT2D eigenvalue weighted by Crippen LogP contribution is -2.28. The molecule has 1 nitrogen and oxygen atoms in total. The van der Waals surface area contributed by atoms with Crippen LogP contribution in [0.3, 0.4) is 0 Å². The molecule has 0 radical (unpaired) electrons. The summed E-state index contributed by atoms with van der Waals surface area (Å²) in [5.41, 5.74) is 0. The molecule has 0 saturated heterocycles. The smallest absolute Gasteiger partial charge is 0.0575 e. The maximum atomic E-state index is 6.28. The van der Waals surface area contributed by atoms with E-state index in [0.717, 1.165) is 36.2 Å². The molecule has 3 aliphatic carbocycles. The van der Waals surface area contributed by atoms with E-state index in [9.17, 15) is 0 Å². The monoisotopic (exact) mass is 332 g/mol. The first-order chi connectivity index (χ1) is 11.7. The molecule has 0 aromatic heterocycles. The Morgan fingerprint density at radius 2 is 1.33 bits per heavy atom. The van der Waals surface area contributed by atoms with E-state index >= 15 is 0 Å². The van der Waals surface area contributed by atoms with Gasteiger partial charge in [-0.25, -0.2) is 0 Å². The fourth-order valence-electron chi connectivity index (χ4n) is 5.58. The van der Waals surface area contributed by atoms with E-state index in [2.05, 4.69) is 26.0 Å². The summed E-state index contributed by atoms with van der Waals surface area (Å²) >= 11 is 0. The third kappa shape index (κ3) is 5.35. The van der Waals surface area contributed by atoms with Crippen molar-refractivity contribution in [3.63, 3.8) is 0 Å². The second-order valence-corrected chi connectivity index (χ2v) is 9.20. The van der Waals surface area contributed by atoms with Crippen molar-refractivity contribution in [2.75, 3.05) is 6.61 Å². The average Bonchev–Trinajstić information content (AvgIpc) is 2.63. The van der Waals surface area contributed by atoms with Crippen LogP contribution >= 0.6 is 0 Å². The molecule has 0 bridgehead atoms. The molecule has 3 saturated carbocycles. The van der Waals surface area contributed by atoms with Gasteiger partial charge in [-0.05, 0) is 114 Å². The summed E-state index contributed by atoms with van der Waals surface area (Å²) in [4.78, 5) is 0. The van der Waals surface area contributed by atoms with Crippen LogP contribution in [-0.2, 0) is 4.74 Å². The van der Waals surface area contributed by atoms with Crippen LogP contribution in [0.1, 0.15) is 90.9 Å². The molecule has 0 spiro atoms. The van der Waals surface area contributed by atoms with E-state index < -0.39 is 0 Å². The summed E-state index contributed by atoms with van der Waals surface area (Å²) in [5.74, 6) is 4.74. The lowest BCUT2D eigenvalue weighted by atomic mass is 9.69. The summed E-state index contributed by atoms with van der Waals surface area (Å²) in [5, 5.41) is 0. The number of hydrogen-bond acceptors (Lipinski definition) is 1. The van der Waals surface area contributed by atoms with Gasteiger partial charge in [-0.2, -0.15) is 0 Å². The minimum Gasteiger partial charge on any atom is -0.378 e. The molecule has 0 aromatic carbocycles. The largest absolute Gasteiger partial charge is 0.378 e. The van der Waals surface area contributed by atoms with Crippen molar-refractivity contribution in [1.29, 1.82) is 0 Å². The average molecular weight is 333 g/mol. The molecule has 3 fully saturated rings. The Labute approximate surface area is 150 Å². The maximum absolute atomic E-state index is 6.28. The first-order valence-electron chi connectivity index (χ1n) is 11.0. The summed E-state index contributed by atoms with van der Waals surface area (Å²) < 4.78 is 6.28. The minimum absolute atomic E-state index is 0.584. The van der Waals surface area contributed by atoms with Gasteiger partial charge in [0.15, 0.2) is 0 Å². The van der Waals surface area contributed by atoms with Crippen molar-refractivity contribution in [2.24, 2.45) is 29.6 Å². The fraction of sp³-hybridized carbons (Fsp3) is 0.913. The van der Waals surface area contributed by atoms with Crippen molar-refractivity contribution < 1.29 is 4.74 Å². The zero-order chi connectivity index (χ0) is 16.8. The Hall–Kier alpha value is -0.300. The van der Waals surface area contributed by atoms with Crippen LogP contribution in [0.5, 0.6) is 0 Å². The van der Waals surface area contributed by atoms with Crippen molar-refractivity contribution in [1.82, 2.24) is 0 Å². The van der Waals surface area contributed by atoms with Crippen LogP contribution in [-0.4, -0.2) is 12.7 Å². The Morgan fingerprint density at radius 3 is 1.92 bits per heavy atom. The molecule has 0 heterocycles. The number of allylic oxidation sites excluding steroid dienone is 2. The molecule has 24 heavy (non-hydrogen) atoms. The molecule has 1 heteroatoms. The van der Waals surface area contributed by atoms with E-state index in [1.807, 2.05) is 0 Å². The van der Waals surface area contributed by atoms with Crippen molar-refractivity contribution in [3.05, 3.63) is 12.2 Å². The SMILES string of the molecule is CC=CC1CCC(C2CCC(COC3CCC(C)CC3)CC2)CC1. The topological polar surface area (TPSA) is 9.23 Å². The molecular weight excluding hydrogens is 292 g/mol. The van der Waals surface area contributed by atoms with Crippen LogP contribution in [0.25, 0.3) is 0 Å². The summed E-state index contributed by atoms with van der Waals surface area (Å²) in [6.45, 7) is 5.62. The van der Waals surface area contributed by atoms with Gasteiger partial charge in [0.05, 0.1) is 6.10 Å². The van der Waals surface area contributed by atoms with Gasteiger partial charge in [0.2, 0.25) is 0 Å². The molecule has 0 aliphatic heterocycles. The zero-order valence-electron chi connectivity index (χ0n) is 16.2. The Bertz CT molecular complexity index is 363. The Balaban J connectivity index is 1.31. The van der Waals surface area contributed by atoms with Gasteiger partial charge >= 0.3 is 0 Å². The Kier molecular flexibility index (Phi) is 7.25. The van der Waals surface area contributed by atoms with E-state index in [4.69, 9.17) is 4.74 Å². The predicted molar refractivity (Wildman–Crippen MR) is 103 cm³/mol. The molecule has 0 atom stereocenters. The van der Waals surface area contributed by atoms with Gasteiger partial charge in [-0.1, -0.05) is 19.1 Å². The quantitative estimate of drug-likeness (QED) is 0.505. The maximum Gasteiger partial charge on any atom is 0.0575 e. The van der Waals surface area contributed by atoms with Crippen LogP contribution in [0.2, 0.25) is 0 Å². The van der Waals surface area contributed by atoms with Gasteiger partial charge in [-0.3, -0.25) is 0 Å². The molecular formula is C23H40O. The van der Waals surface area contributed by atoms with Crippen LogP contribution in [0.4, 0.5) is 0 Å². The number of ether oxygens (including phenoxy) is 1. The van der Waals surface area contributed by atoms with Gasteiger partial charge < -0.3 is 4.74 Å². The highest BCUT2D eigenvalue weighted by molar-refractivity contribution is 4.90. The third-order valence-electron chi connectivity index (χ3n) is 7.37. The fourth-order valence-corrected chi connectivity index (χ4v) is 5.58. The third-order valence-corrected chi connectivity index (χ3v) is 7.37. The first kappa shape index (κ1) is 18.5. The van der Waals surface area contributed by atoms with E-state index in [1.165, 1.54) is 77.0 Å². The highest BCUT2D eigenvalue weighted by Gasteiger charge is 2.30. The van der Waals surface area contributed by atoms with Crippen LogP contribution in [0, 0.1) is 29.6 Å². The van der Waals surface area contributed by atoms with Crippen molar-refractivity contribution in [2.45, 2.75) is 97.0 Å². The van der Waals surface area contributed by atoms with E-state index in [0.29, 0.717) is 6.10 Å². The van der Waals surface area contributed by atoms with E-state index in [1.54, 1.807) is 0 Å². The lowest BCUT2D eigenvalue weighted by molar-refractivity contribution is -0.0109. The predicted octanol–water partition coefficient (Wildman–Crippen LogP) is 6.77. The summed E-state index contributed by atoms with van der Waals surface area (Å²) in [6, 6.07) is 0. The zero-order valence-corrected chi connectivity index (χ0v) is 16.2. The van der Waals surface area contributed by atoms with Crippen LogP contribution in [0.15, 0.2) is 12.2 Å². The minimum atomic E-state index is 0.584. The van der Waals surface area contributed by atoms with Crippen LogP contribution < -0.4 is 0 Å². The highest BCUT2D eigenvalue weighted by Crippen LogP contribution is 2.41. The Morgan fingerprint density at radius 1 is 0.750 bits per heavy atom. The lowest BCUT2D eigenvalue weighted by Gasteiger charge is -2.37. The van der Waals surface area contributed by atoms with Crippen molar-refractivity contribution >= 4 is 0 Å². The van der Waals surface area contributed by atoms with Gasteiger partial charge in [0, 0.05) is 6.61 Å². The molecule has 3 rings (SSSR count). The summed E-state index contributed by atoms with van der Waals surface area (Å²) in [7, 11) is 0. The molecule has 138 valence electrons. The number of rotatable bonds is 5. The molecule has 0 N–H and O–H groups in total. The number of hydrogen-bond donors (Lipinski definition) is 0. The summed E-state index contributed by atoms with van der Waals surface area (Å²) in [6.07, 6.45) is 22.4. The van der Waals surface area contributed by atoms with Crippen molar-refractivity contribution in [3.8, 4) is 0 Å². The first-order valence-corrected chi connectivity index (χ1v) is 11.0. The van der Waals surface area contributed by atoms with Gasteiger partial charge in [-0.15, -0.1) is 0 Å². The normalized spacial score (nSPS) is 41.6. The second kappa shape index (κ2) is 9.41. The second-order valence-electron chi connectivity index (χ2n) is 9.20. The van der Waals surface area contributed by atoms with Gasteiger partial charge in [0.25, 0.3) is 0 Å². The van der Waals surface area contributed by atoms with Gasteiger partial charge in [0.1, 0.15) is 0 Å². The standard InChI is InChI=1S/C23H40O/c1-3-4-19-7-11-21(12-8-19)22-13-9-20(10-14-22)17-24-23-15-5-18(2)6-16-23/h3-4,18-23H,5-17H2,1-2H3. The molecule has 0 aromatic rings. The molecule has 3 aliphatic rings. The molecule has 0 amide bonds. The highest BCUT2D eigenvalue weighted by atomic mass is 16.5. The molecule has 0 unspecified atom stereocenters. The van der Waals surface area contributed by atoms with E-state index in [-0.39, 0.29) is 0 Å².